The van der Waals surface area contributed by atoms with Gasteiger partial charge >= 0.3 is 5.97 Å². The summed E-state index contributed by atoms with van der Waals surface area (Å²) < 4.78 is 40.7. The first-order valence-electron chi connectivity index (χ1n) is 17.9. The van der Waals surface area contributed by atoms with Crippen LogP contribution in [0.2, 0.25) is 5.04 Å². The smallest absolute Gasteiger partial charge is 0.328 e. The molecule has 1 N–H and O–H groups in total. The molecular weight excluding hydrogens is 653 g/mol. The van der Waals surface area contributed by atoms with Crippen molar-refractivity contribution in [3.63, 3.8) is 0 Å². The topological polar surface area (TPSA) is 102 Å². The summed E-state index contributed by atoms with van der Waals surface area (Å²) in [6, 6.07) is 21.5. The molecule has 1 aliphatic rings. The van der Waals surface area contributed by atoms with Gasteiger partial charge in [0.2, 0.25) is 0 Å². The largest absolute Gasteiger partial charge is 0.478 e. The minimum Gasteiger partial charge on any atom is -0.478 e. The van der Waals surface area contributed by atoms with Crippen molar-refractivity contribution in [2.75, 3.05) is 54.2 Å². The van der Waals surface area contributed by atoms with Gasteiger partial charge in [-0.3, -0.25) is 0 Å². The van der Waals surface area contributed by atoms with Crippen molar-refractivity contribution in [3.8, 4) is 0 Å². The molecule has 0 spiro atoms. The SMILES string of the molecule is COCCOCO[C@@H]1C[C@@H]([C@@H](/C=C/C(=O)O)OCOCCOC)[C@H](/C=C/CCC[C@H](C)O[Si](c2ccccc2)(c2ccccc2)C(C)(C)C)C1. The molecule has 1 aliphatic carbocycles. The van der Waals surface area contributed by atoms with E-state index >= 15 is 0 Å². The second kappa shape index (κ2) is 22.3. The third-order valence-corrected chi connectivity index (χ3v) is 14.4. The van der Waals surface area contributed by atoms with Crippen LogP contribution in [0.15, 0.2) is 85.0 Å². The maximum Gasteiger partial charge on any atom is 0.328 e. The van der Waals surface area contributed by atoms with Crippen LogP contribution >= 0.6 is 0 Å². The zero-order valence-corrected chi connectivity index (χ0v) is 32.0. The van der Waals surface area contributed by atoms with Crippen molar-refractivity contribution in [3.05, 3.63) is 85.0 Å². The predicted octanol–water partition coefficient (Wildman–Crippen LogP) is 6.36. The molecule has 278 valence electrons. The van der Waals surface area contributed by atoms with Crippen molar-refractivity contribution in [2.24, 2.45) is 11.8 Å². The van der Waals surface area contributed by atoms with Gasteiger partial charge in [-0.2, -0.15) is 0 Å². The number of aliphatic carboxylic acids is 1. The molecule has 0 radical (unpaired) electrons. The normalized spacial score (nSPS) is 19.8. The van der Waals surface area contributed by atoms with Crippen molar-refractivity contribution in [1.82, 2.24) is 0 Å². The summed E-state index contributed by atoms with van der Waals surface area (Å²) in [5.74, 6) is -0.876. The number of unbranched alkanes of at least 4 members (excludes halogenated alkanes) is 1. The van der Waals surface area contributed by atoms with E-state index in [0.717, 1.165) is 31.8 Å². The first kappa shape index (κ1) is 41.7. The summed E-state index contributed by atoms with van der Waals surface area (Å²) in [6.07, 6.45) is 11.1. The zero-order chi connectivity index (χ0) is 36.2. The maximum absolute atomic E-state index is 11.4. The van der Waals surface area contributed by atoms with Gasteiger partial charge in [-0.25, -0.2) is 4.79 Å². The van der Waals surface area contributed by atoms with Gasteiger partial charge in [0, 0.05) is 26.4 Å². The van der Waals surface area contributed by atoms with Gasteiger partial charge in [0.25, 0.3) is 8.32 Å². The summed E-state index contributed by atoms with van der Waals surface area (Å²) in [5.41, 5.74) is 0. The molecule has 2 aromatic carbocycles. The highest BCUT2D eigenvalue weighted by Gasteiger charge is 2.51. The summed E-state index contributed by atoms with van der Waals surface area (Å²) in [6.45, 7) is 11.2. The molecule has 0 aliphatic heterocycles. The highest BCUT2D eigenvalue weighted by Crippen LogP contribution is 2.40. The summed E-state index contributed by atoms with van der Waals surface area (Å²) >= 11 is 0. The molecule has 0 amide bonds. The van der Waals surface area contributed by atoms with E-state index in [-0.39, 0.29) is 42.7 Å². The van der Waals surface area contributed by atoms with Crippen molar-refractivity contribution < 1.29 is 42.7 Å². The van der Waals surface area contributed by atoms with Crippen LogP contribution in [0.3, 0.4) is 0 Å². The molecule has 0 heterocycles. The molecule has 9 nitrogen and oxygen atoms in total. The molecule has 5 atom stereocenters. The van der Waals surface area contributed by atoms with Gasteiger partial charge in [0.05, 0.1) is 38.6 Å². The van der Waals surface area contributed by atoms with Gasteiger partial charge in [0.15, 0.2) is 0 Å². The number of allylic oxidation sites excluding steroid dienone is 2. The fourth-order valence-electron chi connectivity index (χ4n) is 6.81. The standard InChI is InChI=1S/C40H60O9Si/c1-32(49-50(40(2,3)4,35-18-12-8-13-19-35)36-20-14-9-15-21-36)16-10-7-11-17-33-28-34(47-30-45-26-24-43-5)29-37(33)38(22-23-39(41)42)48-31-46-27-25-44-6/h8-9,11-15,17-23,32-34,37-38H,7,10,16,24-31H2,1-6H3,(H,41,42)/b17-11+,23-22+/t32-,33+,34-,37+,38+/m0/s1. The van der Waals surface area contributed by atoms with E-state index in [0.29, 0.717) is 32.8 Å². The molecule has 0 bridgehead atoms. The van der Waals surface area contributed by atoms with Crippen LogP contribution < -0.4 is 10.4 Å². The lowest BCUT2D eigenvalue weighted by Crippen LogP contribution is -2.67. The summed E-state index contributed by atoms with van der Waals surface area (Å²) in [7, 11) is 0.634. The Labute approximate surface area is 301 Å². The number of carbonyl (C=O) groups is 1. The van der Waals surface area contributed by atoms with E-state index in [4.69, 9.17) is 32.8 Å². The lowest BCUT2D eigenvalue weighted by Gasteiger charge is -2.44. The fraction of sp³-hybridized carbons (Fsp3) is 0.575. The molecule has 1 fully saturated rings. The second-order valence-electron chi connectivity index (χ2n) is 13.9. The number of carboxylic acid groups (broad SMARTS) is 1. The molecule has 0 saturated heterocycles. The number of carboxylic acids is 1. The molecular formula is C40H60O9Si. The van der Waals surface area contributed by atoms with E-state index < -0.39 is 20.4 Å². The summed E-state index contributed by atoms with van der Waals surface area (Å²) in [4.78, 5) is 11.4. The Balaban J connectivity index is 1.69. The predicted molar refractivity (Wildman–Crippen MR) is 199 cm³/mol. The Hall–Kier alpha value is -2.67. The van der Waals surface area contributed by atoms with Crippen molar-refractivity contribution in [1.29, 1.82) is 0 Å². The van der Waals surface area contributed by atoms with Gasteiger partial charge in [-0.1, -0.05) is 93.6 Å². The van der Waals surface area contributed by atoms with E-state index in [1.54, 1.807) is 20.3 Å². The Kier molecular flexibility index (Phi) is 18.6. The number of ether oxygens (including phenoxy) is 6. The van der Waals surface area contributed by atoms with Gasteiger partial charge < -0.3 is 38.0 Å². The molecule has 50 heavy (non-hydrogen) atoms. The molecule has 2 aromatic rings. The van der Waals surface area contributed by atoms with Gasteiger partial charge in [0.1, 0.15) is 13.6 Å². The minimum atomic E-state index is -2.61. The first-order valence-corrected chi connectivity index (χ1v) is 19.8. The lowest BCUT2D eigenvalue weighted by molar-refractivity contribution is -0.131. The molecule has 3 rings (SSSR count). The van der Waals surface area contributed by atoms with Crippen LogP contribution in [-0.4, -0.2) is 91.9 Å². The van der Waals surface area contributed by atoms with Crippen LogP contribution in [0.25, 0.3) is 0 Å². The molecule has 0 unspecified atom stereocenters. The number of rotatable bonds is 24. The third kappa shape index (κ3) is 13.1. The quantitative estimate of drug-likeness (QED) is 0.0439. The molecule has 0 aromatic heterocycles. The number of benzene rings is 2. The molecule has 10 heteroatoms. The highest BCUT2D eigenvalue weighted by atomic mass is 28.4. The van der Waals surface area contributed by atoms with Crippen LogP contribution in [0.4, 0.5) is 0 Å². The third-order valence-electron chi connectivity index (χ3n) is 9.22. The van der Waals surface area contributed by atoms with E-state index in [1.165, 1.54) is 10.4 Å². The first-order chi connectivity index (χ1) is 24.1. The fourth-order valence-corrected chi connectivity index (χ4v) is 11.5. The number of methoxy groups -OCH3 is 2. The Morgan fingerprint density at radius 1 is 0.900 bits per heavy atom. The monoisotopic (exact) mass is 712 g/mol. The van der Waals surface area contributed by atoms with Crippen LogP contribution in [0.5, 0.6) is 0 Å². The lowest BCUT2D eigenvalue weighted by atomic mass is 9.89. The van der Waals surface area contributed by atoms with Gasteiger partial charge in [-0.15, -0.1) is 0 Å². The minimum absolute atomic E-state index is 0.00857. The van der Waals surface area contributed by atoms with E-state index in [9.17, 15) is 9.90 Å². The van der Waals surface area contributed by atoms with E-state index in [1.807, 2.05) is 0 Å². The Morgan fingerprint density at radius 2 is 1.50 bits per heavy atom. The van der Waals surface area contributed by atoms with Crippen LogP contribution in [0, 0.1) is 11.8 Å². The van der Waals surface area contributed by atoms with Crippen LogP contribution in [-0.2, 0) is 37.6 Å². The average molecular weight is 713 g/mol. The van der Waals surface area contributed by atoms with E-state index in [2.05, 4.69) is 101 Å². The number of hydrogen-bond donors (Lipinski definition) is 1. The van der Waals surface area contributed by atoms with Crippen LogP contribution in [0.1, 0.15) is 59.8 Å². The Morgan fingerprint density at radius 3 is 2.06 bits per heavy atom. The van der Waals surface area contributed by atoms with Crippen molar-refractivity contribution in [2.45, 2.75) is 83.1 Å². The number of hydrogen-bond acceptors (Lipinski definition) is 8. The Bertz CT molecular complexity index is 1230. The van der Waals surface area contributed by atoms with Gasteiger partial charge in [-0.05, 0) is 72.4 Å². The maximum atomic E-state index is 11.4. The molecule has 1 saturated carbocycles. The second-order valence-corrected chi connectivity index (χ2v) is 18.2. The average Bonchev–Trinajstić information content (AvgIpc) is 3.50. The van der Waals surface area contributed by atoms with Crippen molar-refractivity contribution >= 4 is 24.7 Å². The zero-order valence-electron chi connectivity index (χ0n) is 31.0. The highest BCUT2D eigenvalue weighted by molar-refractivity contribution is 6.99. The summed E-state index contributed by atoms with van der Waals surface area (Å²) in [5, 5.41) is 11.9.